The molecule has 6 heteroatoms. The van der Waals surface area contributed by atoms with Gasteiger partial charge in [-0.05, 0) is 19.1 Å². The van der Waals surface area contributed by atoms with Crippen LogP contribution in [-0.4, -0.2) is 17.5 Å². The van der Waals surface area contributed by atoms with Crippen LogP contribution in [-0.2, 0) is 9.59 Å². The summed E-state index contributed by atoms with van der Waals surface area (Å²) in [6, 6.07) is 9.27. The van der Waals surface area contributed by atoms with Crippen LogP contribution in [0.4, 0.5) is 0 Å². The average molecular weight is 245 g/mol. The van der Waals surface area contributed by atoms with Crippen molar-refractivity contribution in [1.29, 1.82) is 0 Å². The highest BCUT2D eigenvalue weighted by Crippen LogP contribution is 2.19. The number of fused-ring (bicyclic) bond motifs is 1. The SMILES string of the molecule is C/C(=N/NC(=O)C(N)=O)c1cc2ccccc2o1. The van der Waals surface area contributed by atoms with Crippen LogP contribution in [0.15, 0.2) is 39.9 Å². The van der Waals surface area contributed by atoms with Crippen molar-refractivity contribution in [2.75, 3.05) is 0 Å². The summed E-state index contributed by atoms with van der Waals surface area (Å²) in [4.78, 5) is 21.4. The first-order valence-electron chi connectivity index (χ1n) is 5.21. The van der Waals surface area contributed by atoms with Gasteiger partial charge >= 0.3 is 11.8 Å². The molecule has 2 rings (SSSR count). The lowest BCUT2D eigenvalue weighted by Crippen LogP contribution is -2.33. The Hall–Kier alpha value is -2.63. The van der Waals surface area contributed by atoms with E-state index in [1.54, 1.807) is 13.0 Å². The highest BCUT2D eigenvalue weighted by Gasteiger charge is 2.09. The number of benzene rings is 1. The second-order valence-electron chi connectivity index (χ2n) is 3.65. The molecule has 0 spiro atoms. The third-order valence-corrected chi connectivity index (χ3v) is 2.33. The van der Waals surface area contributed by atoms with Crippen LogP contribution in [0.25, 0.3) is 11.0 Å². The maximum absolute atomic E-state index is 10.9. The summed E-state index contributed by atoms with van der Waals surface area (Å²) in [5.41, 5.74) is 7.99. The Morgan fingerprint density at radius 1 is 1.33 bits per heavy atom. The molecule has 0 aliphatic rings. The van der Waals surface area contributed by atoms with Gasteiger partial charge in [-0.1, -0.05) is 18.2 Å². The topological polar surface area (TPSA) is 97.7 Å². The van der Waals surface area contributed by atoms with Crippen molar-refractivity contribution in [3.05, 3.63) is 36.1 Å². The van der Waals surface area contributed by atoms with Crippen LogP contribution in [0.2, 0.25) is 0 Å². The smallest absolute Gasteiger partial charge is 0.329 e. The van der Waals surface area contributed by atoms with Crippen LogP contribution in [0, 0.1) is 0 Å². The molecular weight excluding hydrogens is 234 g/mol. The molecule has 3 N–H and O–H groups in total. The number of primary amides is 1. The molecule has 0 unspecified atom stereocenters. The van der Waals surface area contributed by atoms with Crippen molar-refractivity contribution >= 4 is 28.5 Å². The van der Waals surface area contributed by atoms with Crippen molar-refractivity contribution in [3.63, 3.8) is 0 Å². The number of furan rings is 1. The minimum atomic E-state index is -1.09. The van der Waals surface area contributed by atoms with Gasteiger partial charge in [0.15, 0.2) is 5.76 Å². The zero-order chi connectivity index (χ0) is 13.1. The van der Waals surface area contributed by atoms with Crippen molar-refractivity contribution in [1.82, 2.24) is 5.43 Å². The van der Waals surface area contributed by atoms with Gasteiger partial charge in [0.05, 0.1) is 0 Å². The number of hydrazone groups is 1. The summed E-state index contributed by atoms with van der Waals surface area (Å²) in [5.74, 6) is -1.54. The quantitative estimate of drug-likeness (QED) is 0.464. The number of hydrogen-bond acceptors (Lipinski definition) is 4. The molecule has 0 atom stereocenters. The Bertz CT molecular complexity index is 610. The van der Waals surface area contributed by atoms with Crippen molar-refractivity contribution in [2.24, 2.45) is 10.8 Å². The predicted molar refractivity (Wildman–Crippen MR) is 65.8 cm³/mol. The molecule has 0 aliphatic heterocycles. The van der Waals surface area contributed by atoms with E-state index >= 15 is 0 Å². The van der Waals surface area contributed by atoms with Gasteiger partial charge < -0.3 is 10.2 Å². The van der Waals surface area contributed by atoms with Gasteiger partial charge in [-0.3, -0.25) is 9.59 Å². The number of nitrogens with two attached hydrogens (primary N) is 1. The van der Waals surface area contributed by atoms with Gasteiger partial charge in [0, 0.05) is 5.39 Å². The molecule has 2 amide bonds. The lowest BCUT2D eigenvalue weighted by molar-refractivity contribution is -0.137. The highest BCUT2D eigenvalue weighted by molar-refractivity contribution is 6.34. The van der Waals surface area contributed by atoms with Gasteiger partial charge in [0.1, 0.15) is 11.3 Å². The third kappa shape index (κ3) is 2.37. The van der Waals surface area contributed by atoms with Crippen molar-refractivity contribution in [2.45, 2.75) is 6.92 Å². The molecule has 0 saturated heterocycles. The van der Waals surface area contributed by atoms with Gasteiger partial charge in [-0.15, -0.1) is 0 Å². The maximum Gasteiger partial charge on any atom is 0.329 e. The normalized spacial score (nSPS) is 11.5. The van der Waals surface area contributed by atoms with E-state index in [0.29, 0.717) is 11.5 Å². The largest absolute Gasteiger partial charge is 0.455 e. The standard InChI is InChI=1S/C12H11N3O3/c1-7(14-15-12(17)11(13)16)10-6-8-4-2-3-5-9(8)18-10/h2-6H,1H3,(H2,13,16)(H,15,17)/b14-7-. The third-order valence-electron chi connectivity index (χ3n) is 2.33. The Morgan fingerprint density at radius 3 is 2.72 bits per heavy atom. The number of para-hydroxylation sites is 1. The number of hydrogen-bond donors (Lipinski definition) is 2. The lowest BCUT2D eigenvalue weighted by atomic mass is 10.2. The van der Waals surface area contributed by atoms with E-state index in [1.165, 1.54) is 0 Å². The summed E-state index contributed by atoms with van der Waals surface area (Å²) in [6.45, 7) is 1.65. The fraction of sp³-hybridized carbons (Fsp3) is 0.0833. The first-order chi connectivity index (χ1) is 8.58. The van der Waals surface area contributed by atoms with Crippen LogP contribution < -0.4 is 11.2 Å². The van der Waals surface area contributed by atoms with Gasteiger partial charge in [-0.25, -0.2) is 5.43 Å². The van der Waals surface area contributed by atoms with E-state index in [9.17, 15) is 9.59 Å². The molecule has 0 aliphatic carbocycles. The first kappa shape index (κ1) is 11.8. The number of amides is 2. The summed E-state index contributed by atoms with van der Waals surface area (Å²) in [7, 11) is 0. The Labute approximate surface area is 102 Å². The first-order valence-corrected chi connectivity index (χ1v) is 5.21. The molecule has 1 aromatic carbocycles. The Morgan fingerprint density at radius 2 is 2.06 bits per heavy atom. The summed E-state index contributed by atoms with van der Waals surface area (Å²) >= 11 is 0. The summed E-state index contributed by atoms with van der Waals surface area (Å²) in [6.07, 6.45) is 0. The number of nitrogens with zero attached hydrogens (tertiary/aromatic N) is 1. The van der Waals surface area contributed by atoms with Crippen LogP contribution >= 0.6 is 0 Å². The van der Waals surface area contributed by atoms with Gasteiger partial charge in [0.25, 0.3) is 0 Å². The maximum atomic E-state index is 10.9. The predicted octanol–water partition coefficient (Wildman–Crippen LogP) is 0.758. The number of carbonyl (C=O) groups excluding carboxylic acids is 2. The fourth-order valence-electron chi connectivity index (χ4n) is 1.40. The van der Waals surface area contributed by atoms with Gasteiger partial charge in [0.2, 0.25) is 0 Å². The Kier molecular flexibility index (Phi) is 3.09. The van der Waals surface area contributed by atoms with Gasteiger partial charge in [-0.2, -0.15) is 5.10 Å². The molecule has 0 saturated carbocycles. The minimum absolute atomic E-state index is 0.445. The summed E-state index contributed by atoms with van der Waals surface area (Å²) in [5, 5.41) is 4.67. The van der Waals surface area contributed by atoms with Crippen molar-refractivity contribution in [3.8, 4) is 0 Å². The van der Waals surface area contributed by atoms with Crippen molar-refractivity contribution < 1.29 is 14.0 Å². The highest BCUT2D eigenvalue weighted by atomic mass is 16.3. The van der Waals surface area contributed by atoms with E-state index in [4.69, 9.17) is 10.2 Å². The molecule has 92 valence electrons. The van der Waals surface area contributed by atoms with E-state index < -0.39 is 11.8 Å². The number of carbonyl (C=O) groups is 2. The molecule has 6 nitrogen and oxygen atoms in total. The van der Waals surface area contributed by atoms with E-state index in [1.807, 2.05) is 29.7 Å². The lowest BCUT2D eigenvalue weighted by Gasteiger charge is -1.96. The fourth-order valence-corrected chi connectivity index (χ4v) is 1.40. The minimum Gasteiger partial charge on any atom is -0.455 e. The van der Waals surface area contributed by atoms with Crippen LogP contribution in [0.5, 0.6) is 0 Å². The molecule has 18 heavy (non-hydrogen) atoms. The number of nitrogens with one attached hydrogen (secondary N) is 1. The monoisotopic (exact) mass is 245 g/mol. The van der Waals surface area contributed by atoms with Crippen LogP contribution in [0.3, 0.4) is 0 Å². The molecule has 1 heterocycles. The molecule has 2 aromatic rings. The zero-order valence-electron chi connectivity index (χ0n) is 9.64. The molecule has 1 aromatic heterocycles. The molecule has 0 fully saturated rings. The second-order valence-corrected chi connectivity index (χ2v) is 3.65. The summed E-state index contributed by atoms with van der Waals surface area (Å²) < 4.78 is 5.52. The molecular formula is C12H11N3O3. The second kappa shape index (κ2) is 4.70. The Balaban J connectivity index is 2.22. The average Bonchev–Trinajstić information content (AvgIpc) is 2.79. The van der Waals surface area contributed by atoms with Crippen LogP contribution in [0.1, 0.15) is 12.7 Å². The zero-order valence-corrected chi connectivity index (χ0v) is 9.64. The number of rotatable bonds is 2. The van der Waals surface area contributed by atoms with E-state index in [-0.39, 0.29) is 0 Å². The molecule has 0 radical (unpaired) electrons. The molecule has 0 bridgehead atoms. The van der Waals surface area contributed by atoms with E-state index in [0.717, 1.165) is 11.0 Å². The van der Waals surface area contributed by atoms with E-state index in [2.05, 4.69) is 5.10 Å².